The molecule has 4 rings (SSSR count). The van der Waals surface area contributed by atoms with Gasteiger partial charge in [0, 0.05) is 38.8 Å². The highest BCUT2D eigenvalue weighted by Gasteiger charge is 2.47. The summed E-state index contributed by atoms with van der Waals surface area (Å²) in [7, 11) is -3.12. The topological polar surface area (TPSA) is 69.7 Å². The lowest BCUT2D eigenvalue weighted by molar-refractivity contribution is -0.129. The van der Waals surface area contributed by atoms with E-state index in [-0.39, 0.29) is 23.1 Å². The van der Waals surface area contributed by atoms with Crippen LogP contribution in [0.4, 0.5) is 0 Å². The van der Waals surface area contributed by atoms with E-state index in [1.165, 1.54) is 9.87 Å². The SMILES string of the molecule is O=C(NC1CCN(Cc2ccccc2)CC1)C1CN(S(=O)(=O)C2CC2)C1. The van der Waals surface area contributed by atoms with E-state index >= 15 is 0 Å². The molecule has 1 aromatic rings. The smallest absolute Gasteiger partial charge is 0.226 e. The Balaban J connectivity index is 1.18. The molecule has 3 fully saturated rings. The van der Waals surface area contributed by atoms with E-state index < -0.39 is 10.0 Å². The second-order valence-electron chi connectivity index (χ2n) is 7.80. The fraction of sp³-hybridized carbons (Fsp3) is 0.632. The van der Waals surface area contributed by atoms with Crippen LogP contribution >= 0.6 is 0 Å². The van der Waals surface area contributed by atoms with Crippen LogP contribution in [0.3, 0.4) is 0 Å². The van der Waals surface area contributed by atoms with Crippen molar-refractivity contribution in [1.29, 1.82) is 0 Å². The highest BCUT2D eigenvalue weighted by Crippen LogP contribution is 2.34. The van der Waals surface area contributed by atoms with Crippen LogP contribution in [0.25, 0.3) is 0 Å². The Labute approximate surface area is 155 Å². The first-order valence-corrected chi connectivity index (χ1v) is 11.1. The van der Waals surface area contributed by atoms with Gasteiger partial charge in [-0.25, -0.2) is 8.42 Å². The molecule has 1 aliphatic carbocycles. The monoisotopic (exact) mass is 377 g/mol. The van der Waals surface area contributed by atoms with E-state index in [4.69, 9.17) is 0 Å². The number of benzene rings is 1. The number of sulfonamides is 1. The molecular formula is C19H27N3O3S. The number of nitrogens with zero attached hydrogens (tertiary/aromatic N) is 2. The van der Waals surface area contributed by atoms with E-state index in [1.54, 1.807) is 0 Å². The van der Waals surface area contributed by atoms with Gasteiger partial charge >= 0.3 is 0 Å². The average Bonchev–Trinajstić information content (AvgIpc) is 3.41. The molecule has 142 valence electrons. The summed E-state index contributed by atoms with van der Waals surface area (Å²) in [6.45, 7) is 3.63. The molecule has 1 aromatic carbocycles. The van der Waals surface area contributed by atoms with Gasteiger partial charge in [-0.3, -0.25) is 9.69 Å². The van der Waals surface area contributed by atoms with Crippen LogP contribution in [-0.4, -0.2) is 61.0 Å². The van der Waals surface area contributed by atoms with Crippen molar-refractivity contribution in [1.82, 2.24) is 14.5 Å². The van der Waals surface area contributed by atoms with Gasteiger partial charge in [-0.05, 0) is 31.2 Å². The van der Waals surface area contributed by atoms with E-state index in [2.05, 4.69) is 34.5 Å². The third-order valence-electron chi connectivity index (χ3n) is 5.71. The van der Waals surface area contributed by atoms with Crippen LogP contribution in [0.1, 0.15) is 31.2 Å². The van der Waals surface area contributed by atoms with Crippen LogP contribution in [0.5, 0.6) is 0 Å². The number of carbonyl (C=O) groups excluding carboxylic acids is 1. The van der Waals surface area contributed by atoms with Crippen molar-refractivity contribution < 1.29 is 13.2 Å². The van der Waals surface area contributed by atoms with Crippen molar-refractivity contribution in [2.45, 2.75) is 43.5 Å². The van der Waals surface area contributed by atoms with E-state index in [9.17, 15) is 13.2 Å². The average molecular weight is 378 g/mol. The summed E-state index contributed by atoms with van der Waals surface area (Å²) < 4.78 is 25.7. The van der Waals surface area contributed by atoms with Crippen molar-refractivity contribution in [2.24, 2.45) is 5.92 Å². The Morgan fingerprint density at radius 3 is 2.31 bits per heavy atom. The molecular weight excluding hydrogens is 350 g/mol. The third kappa shape index (κ3) is 3.94. The number of hydrogen-bond donors (Lipinski definition) is 1. The Kier molecular flexibility index (Phi) is 5.03. The van der Waals surface area contributed by atoms with E-state index in [0.717, 1.165) is 45.3 Å². The second kappa shape index (κ2) is 7.29. The molecule has 0 radical (unpaired) electrons. The molecule has 0 unspecified atom stereocenters. The molecule has 0 atom stereocenters. The van der Waals surface area contributed by atoms with Crippen LogP contribution in [-0.2, 0) is 21.4 Å². The van der Waals surface area contributed by atoms with Gasteiger partial charge in [-0.15, -0.1) is 0 Å². The van der Waals surface area contributed by atoms with Gasteiger partial charge in [0.15, 0.2) is 0 Å². The zero-order valence-electron chi connectivity index (χ0n) is 15.0. The third-order valence-corrected chi connectivity index (χ3v) is 8.04. The Morgan fingerprint density at radius 1 is 1.04 bits per heavy atom. The summed E-state index contributed by atoms with van der Waals surface area (Å²) in [5, 5.41) is 2.95. The normalized spacial score (nSPS) is 23.5. The van der Waals surface area contributed by atoms with Gasteiger partial charge in [0.1, 0.15) is 0 Å². The van der Waals surface area contributed by atoms with E-state index in [0.29, 0.717) is 13.1 Å². The Morgan fingerprint density at radius 2 is 1.69 bits per heavy atom. The summed E-state index contributed by atoms with van der Waals surface area (Å²) in [5.41, 5.74) is 1.32. The summed E-state index contributed by atoms with van der Waals surface area (Å²) in [6, 6.07) is 10.7. The van der Waals surface area contributed by atoms with Crippen molar-refractivity contribution >= 4 is 15.9 Å². The second-order valence-corrected chi connectivity index (χ2v) is 10.0. The molecule has 7 heteroatoms. The summed E-state index contributed by atoms with van der Waals surface area (Å²) in [6.07, 6.45) is 3.46. The van der Waals surface area contributed by atoms with Crippen molar-refractivity contribution in [3.63, 3.8) is 0 Å². The van der Waals surface area contributed by atoms with Crippen LogP contribution in [0, 0.1) is 5.92 Å². The molecule has 2 heterocycles. The number of hydrogen-bond acceptors (Lipinski definition) is 4. The summed E-state index contributed by atoms with van der Waals surface area (Å²) in [5.74, 6) is -0.153. The molecule has 3 aliphatic rings. The van der Waals surface area contributed by atoms with Crippen molar-refractivity contribution in [3.8, 4) is 0 Å². The first-order chi connectivity index (χ1) is 12.5. The zero-order valence-corrected chi connectivity index (χ0v) is 15.8. The summed E-state index contributed by atoms with van der Waals surface area (Å²) in [4.78, 5) is 14.8. The predicted molar refractivity (Wildman–Crippen MR) is 99.9 cm³/mol. The Bertz CT molecular complexity index is 735. The molecule has 2 aliphatic heterocycles. The maximum absolute atomic E-state index is 12.4. The molecule has 0 aromatic heterocycles. The molecule has 1 saturated carbocycles. The number of likely N-dealkylation sites (tertiary alicyclic amines) is 1. The first-order valence-electron chi connectivity index (χ1n) is 9.58. The fourth-order valence-corrected chi connectivity index (χ4v) is 5.71. The fourth-order valence-electron chi connectivity index (χ4n) is 3.78. The Hall–Kier alpha value is -1.44. The first kappa shape index (κ1) is 17.9. The predicted octanol–water partition coefficient (Wildman–Crippen LogP) is 1.19. The minimum absolute atomic E-state index is 0.0220. The van der Waals surface area contributed by atoms with Crippen LogP contribution in [0.2, 0.25) is 0 Å². The lowest BCUT2D eigenvalue weighted by Crippen LogP contribution is -2.58. The highest BCUT2D eigenvalue weighted by molar-refractivity contribution is 7.90. The van der Waals surface area contributed by atoms with Gasteiger partial charge in [0.25, 0.3) is 0 Å². The lowest BCUT2D eigenvalue weighted by Gasteiger charge is -2.39. The number of piperidine rings is 1. The molecule has 1 N–H and O–H groups in total. The standard InChI is InChI=1S/C19H27N3O3S/c23-19(16-13-22(14-16)26(24,25)18-6-7-18)20-17-8-10-21(11-9-17)12-15-4-2-1-3-5-15/h1-5,16-18H,6-14H2,(H,20,23). The number of amides is 1. The highest BCUT2D eigenvalue weighted by atomic mass is 32.2. The zero-order chi connectivity index (χ0) is 18.1. The maximum Gasteiger partial charge on any atom is 0.226 e. The minimum Gasteiger partial charge on any atom is -0.353 e. The molecule has 0 bridgehead atoms. The molecule has 1 amide bonds. The van der Waals surface area contributed by atoms with Gasteiger partial charge in [0.2, 0.25) is 15.9 Å². The molecule has 6 nitrogen and oxygen atoms in total. The van der Waals surface area contributed by atoms with Gasteiger partial charge in [-0.1, -0.05) is 30.3 Å². The van der Waals surface area contributed by atoms with Crippen molar-refractivity contribution in [3.05, 3.63) is 35.9 Å². The van der Waals surface area contributed by atoms with E-state index in [1.807, 2.05) is 6.07 Å². The number of rotatable bonds is 6. The van der Waals surface area contributed by atoms with Crippen molar-refractivity contribution in [2.75, 3.05) is 26.2 Å². The molecule has 0 spiro atoms. The van der Waals surface area contributed by atoms with Crippen LogP contribution in [0.15, 0.2) is 30.3 Å². The van der Waals surface area contributed by atoms with Gasteiger partial charge in [-0.2, -0.15) is 4.31 Å². The maximum atomic E-state index is 12.4. The van der Waals surface area contributed by atoms with Gasteiger partial charge in [0.05, 0.1) is 11.2 Å². The quantitative estimate of drug-likeness (QED) is 0.809. The summed E-state index contributed by atoms with van der Waals surface area (Å²) >= 11 is 0. The minimum atomic E-state index is -3.12. The van der Waals surface area contributed by atoms with Gasteiger partial charge < -0.3 is 5.32 Å². The number of carbonyl (C=O) groups is 1. The van der Waals surface area contributed by atoms with Crippen LogP contribution < -0.4 is 5.32 Å². The molecule has 26 heavy (non-hydrogen) atoms. The number of nitrogens with one attached hydrogen (secondary N) is 1. The molecule has 2 saturated heterocycles. The lowest BCUT2D eigenvalue weighted by atomic mass is 9.99. The largest absolute Gasteiger partial charge is 0.353 e.